The van der Waals surface area contributed by atoms with E-state index < -0.39 is 5.97 Å². The number of fused-ring (bicyclic) bond motifs is 1. The van der Waals surface area contributed by atoms with Crippen LogP contribution in [0.3, 0.4) is 0 Å². The van der Waals surface area contributed by atoms with Gasteiger partial charge in [-0.1, -0.05) is 49.9 Å². The Morgan fingerprint density at radius 1 is 0.952 bits per heavy atom. The van der Waals surface area contributed by atoms with Gasteiger partial charge in [0.2, 0.25) is 0 Å². The molecule has 3 atom stereocenters. The highest BCUT2D eigenvalue weighted by molar-refractivity contribution is 5.97. The second-order valence-corrected chi connectivity index (χ2v) is 6.63. The molecule has 0 bridgehead atoms. The molecule has 2 saturated carbocycles. The van der Waals surface area contributed by atoms with Crippen LogP contribution in [0.15, 0.2) is 24.3 Å². The van der Waals surface area contributed by atoms with Crippen LogP contribution in [0.25, 0.3) is 0 Å². The molecule has 112 valence electrons. The summed E-state index contributed by atoms with van der Waals surface area (Å²) in [5.41, 5.74) is 0.744. The largest absolute Gasteiger partial charge is 0.545 e. The molecular formula is C18H21O3-. The zero-order chi connectivity index (χ0) is 14.8. The number of rotatable bonds is 4. The van der Waals surface area contributed by atoms with Gasteiger partial charge in [-0.05, 0) is 36.2 Å². The van der Waals surface area contributed by atoms with E-state index in [9.17, 15) is 14.7 Å². The van der Waals surface area contributed by atoms with Gasteiger partial charge < -0.3 is 9.90 Å². The van der Waals surface area contributed by atoms with Crippen LogP contribution >= 0.6 is 0 Å². The van der Waals surface area contributed by atoms with E-state index in [0.29, 0.717) is 17.9 Å². The normalized spacial score (nSPS) is 28.1. The summed E-state index contributed by atoms with van der Waals surface area (Å²) in [5.74, 6) is 1.15. The lowest BCUT2D eigenvalue weighted by molar-refractivity contribution is -0.255. The third-order valence-corrected chi connectivity index (χ3v) is 5.26. The average molecular weight is 285 g/mol. The molecule has 3 heteroatoms. The fourth-order valence-corrected chi connectivity index (χ4v) is 4.20. The molecule has 0 aromatic heterocycles. The number of hydrogen-bond donors (Lipinski definition) is 0. The fraction of sp³-hybridized carbons (Fsp3) is 0.556. The molecule has 1 aromatic carbocycles. The van der Waals surface area contributed by atoms with E-state index in [4.69, 9.17) is 0 Å². The van der Waals surface area contributed by atoms with Gasteiger partial charge in [0.25, 0.3) is 0 Å². The van der Waals surface area contributed by atoms with Gasteiger partial charge in [-0.3, -0.25) is 4.79 Å². The van der Waals surface area contributed by atoms with Crippen molar-refractivity contribution in [3.63, 3.8) is 0 Å². The molecule has 0 spiro atoms. The maximum absolute atomic E-state index is 12.3. The highest BCUT2D eigenvalue weighted by Gasteiger charge is 2.36. The zero-order valence-corrected chi connectivity index (χ0v) is 12.2. The Morgan fingerprint density at radius 3 is 2.00 bits per heavy atom. The minimum absolute atomic E-state index is 0.124. The first kappa shape index (κ1) is 14.3. The van der Waals surface area contributed by atoms with Gasteiger partial charge in [0.05, 0.1) is 5.97 Å². The van der Waals surface area contributed by atoms with Gasteiger partial charge >= 0.3 is 0 Å². The van der Waals surface area contributed by atoms with Crippen molar-refractivity contribution in [3.8, 4) is 0 Å². The number of carboxylic acids is 1. The molecule has 2 aliphatic rings. The first-order valence-electron chi connectivity index (χ1n) is 7.98. The van der Waals surface area contributed by atoms with Crippen molar-refractivity contribution >= 4 is 11.8 Å². The summed E-state index contributed by atoms with van der Waals surface area (Å²) in [7, 11) is 0. The first-order chi connectivity index (χ1) is 10.1. The summed E-state index contributed by atoms with van der Waals surface area (Å²) in [4.78, 5) is 23.0. The van der Waals surface area contributed by atoms with Crippen molar-refractivity contribution in [2.45, 2.75) is 44.9 Å². The molecule has 0 aliphatic heterocycles. The van der Waals surface area contributed by atoms with E-state index >= 15 is 0 Å². The molecule has 0 amide bonds. The SMILES string of the molecule is O=C([O-])c1ccc(C(=O)CC2C[C@H]3CCCC[C@H]3C2)cc1. The monoisotopic (exact) mass is 285 g/mol. The average Bonchev–Trinajstić information content (AvgIpc) is 2.89. The van der Waals surface area contributed by atoms with E-state index in [2.05, 4.69) is 0 Å². The van der Waals surface area contributed by atoms with Gasteiger partial charge in [0.1, 0.15) is 0 Å². The molecule has 2 aliphatic carbocycles. The van der Waals surface area contributed by atoms with E-state index in [0.717, 1.165) is 11.8 Å². The van der Waals surface area contributed by atoms with Gasteiger partial charge in [-0.25, -0.2) is 0 Å². The van der Waals surface area contributed by atoms with Crippen LogP contribution in [-0.2, 0) is 0 Å². The maximum atomic E-state index is 12.3. The number of Topliss-reactive ketones (excluding diaryl/α,β-unsaturated/α-hetero) is 1. The molecule has 3 rings (SSSR count). The summed E-state index contributed by atoms with van der Waals surface area (Å²) < 4.78 is 0. The summed E-state index contributed by atoms with van der Waals surface area (Å²) in [6, 6.07) is 6.12. The topological polar surface area (TPSA) is 57.2 Å². The number of benzene rings is 1. The lowest BCUT2D eigenvalue weighted by Crippen LogP contribution is -2.22. The molecular weight excluding hydrogens is 264 g/mol. The number of carbonyl (C=O) groups excluding carboxylic acids is 2. The fourth-order valence-electron chi connectivity index (χ4n) is 4.20. The lowest BCUT2D eigenvalue weighted by Gasteiger charge is -2.24. The minimum atomic E-state index is -1.20. The molecule has 0 saturated heterocycles. The van der Waals surface area contributed by atoms with Crippen molar-refractivity contribution in [1.82, 2.24) is 0 Å². The number of carboxylic acid groups (broad SMARTS) is 1. The number of ketones is 1. The summed E-state index contributed by atoms with van der Waals surface area (Å²) in [6.45, 7) is 0. The van der Waals surface area contributed by atoms with Crippen LogP contribution in [0, 0.1) is 17.8 Å². The van der Waals surface area contributed by atoms with Crippen molar-refractivity contribution in [2.75, 3.05) is 0 Å². The van der Waals surface area contributed by atoms with Gasteiger partial charge in [-0.2, -0.15) is 0 Å². The molecule has 0 N–H and O–H groups in total. The highest BCUT2D eigenvalue weighted by Crippen LogP contribution is 2.46. The Bertz CT molecular complexity index is 518. The molecule has 2 fully saturated rings. The molecule has 0 heterocycles. The second-order valence-electron chi connectivity index (χ2n) is 6.63. The Labute approximate surface area is 125 Å². The van der Waals surface area contributed by atoms with Crippen LogP contribution in [0.1, 0.15) is 65.7 Å². The van der Waals surface area contributed by atoms with Crippen molar-refractivity contribution in [2.24, 2.45) is 17.8 Å². The Kier molecular flexibility index (Phi) is 4.09. The van der Waals surface area contributed by atoms with E-state index in [1.54, 1.807) is 12.1 Å². The molecule has 1 aromatic rings. The number of hydrogen-bond acceptors (Lipinski definition) is 3. The van der Waals surface area contributed by atoms with Crippen LogP contribution < -0.4 is 5.11 Å². The lowest BCUT2D eigenvalue weighted by atomic mass is 9.82. The van der Waals surface area contributed by atoms with Crippen molar-refractivity contribution in [3.05, 3.63) is 35.4 Å². The standard InChI is InChI=1S/C18H22O3/c19-17(13-5-7-14(8-6-13)18(20)21)11-12-9-15-3-1-2-4-16(15)10-12/h5-8,12,15-16H,1-4,9-11H2,(H,20,21)/p-1/t12?,15-,16+. The van der Waals surface area contributed by atoms with Gasteiger partial charge in [0, 0.05) is 12.0 Å². The minimum Gasteiger partial charge on any atom is -0.545 e. The number of aromatic carboxylic acids is 1. The zero-order valence-electron chi connectivity index (χ0n) is 12.2. The first-order valence-corrected chi connectivity index (χ1v) is 7.98. The highest BCUT2D eigenvalue weighted by atomic mass is 16.4. The number of carbonyl (C=O) groups is 2. The van der Waals surface area contributed by atoms with Crippen LogP contribution in [0.2, 0.25) is 0 Å². The Morgan fingerprint density at radius 2 is 1.48 bits per heavy atom. The second kappa shape index (κ2) is 6.00. The summed E-state index contributed by atoms with van der Waals surface area (Å²) in [6.07, 6.45) is 8.41. The smallest absolute Gasteiger partial charge is 0.163 e. The summed E-state index contributed by atoms with van der Waals surface area (Å²) in [5, 5.41) is 10.7. The molecule has 21 heavy (non-hydrogen) atoms. The van der Waals surface area contributed by atoms with Crippen molar-refractivity contribution in [1.29, 1.82) is 0 Å². The van der Waals surface area contributed by atoms with Gasteiger partial charge in [-0.15, -0.1) is 0 Å². The molecule has 3 nitrogen and oxygen atoms in total. The van der Waals surface area contributed by atoms with E-state index in [1.807, 2.05) is 0 Å². The Balaban J connectivity index is 1.60. The van der Waals surface area contributed by atoms with Crippen molar-refractivity contribution < 1.29 is 14.7 Å². The van der Waals surface area contributed by atoms with Crippen LogP contribution in [0.4, 0.5) is 0 Å². The van der Waals surface area contributed by atoms with Crippen LogP contribution in [0.5, 0.6) is 0 Å². The summed E-state index contributed by atoms with van der Waals surface area (Å²) >= 11 is 0. The molecule has 0 radical (unpaired) electrons. The molecule has 1 unspecified atom stereocenters. The third-order valence-electron chi connectivity index (χ3n) is 5.26. The third kappa shape index (κ3) is 3.17. The van der Waals surface area contributed by atoms with Crippen LogP contribution in [-0.4, -0.2) is 11.8 Å². The van der Waals surface area contributed by atoms with E-state index in [1.165, 1.54) is 50.7 Å². The maximum Gasteiger partial charge on any atom is 0.163 e. The Hall–Kier alpha value is -1.64. The predicted molar refractivity (Wildman–Crippen MR) is 77.9 cm³/mol. The van der Waals surface area contributed by atoms with E-state index in [-0.39, 0.29) is 11.3 Å². The van der Waals surface area contributed by atoms with Gasteiger partial charge in [0.15, 0.2) is 5.78 Å². The quantitative estimate of drug-likeness (QED) is 0.799. The predicted octanol–water partition coefficient (Wildman–Crippen LogP) is 2.84.